The summed E-state index contributed by atoms with van der Waals surface area (Å²) in [5.74, 6) is 0.943. The molecular formula is C12H27N. The highest BCUT2D eigenvalue weighted by molar-refractivity contribution is 4.79. The Bertz CT molecular complexity index is 116. The molecule has 0 aromatic carbocycles. The van der Waals surface area contributed by atoms with Crippen LogP contribution in [0.25, 0.3) is 0 Å². The first-order valence-corrected chi connectivity index (χ1v) is 5.68. The van der Waals surface area contributed by atoms with Gasteiger partial charge in [-0.05, 0) is 44.3 Å². The van der Waals surface area contributed by atoms with Crippen LogP contribution in [0.4, 0.5) is 0 Å². The number of likely N-dealkylation sites (tertiary alicyclic amines) is 1. The molecule has 1 saturated heterocycles. The molecule has 1 nitrogen and oxygen atoms in total. The van der Waals surface area contributed by atoms with Crippen molar-refractivity contribution < 1.29 is 0 Å². The van der Waals surface area contributed by atoms with Crippen molar-refractivity contribution in [1.82, 2.24) is 4.90 Å². The third-order valence-corrected chi connectivity index (χ3v) is 2.94. The summed E-state index contributed by atoms with van der Waals surface area (Å²) < 4.78 is 0. The fourth-order valence-electron chi connectivity index (χ4n) is 1.87. The zero-order valence-corrected chi connectivity index (χ0v) is 10.4. The molecule has 13 heavy (non-hydrogen) atoms. The molecule has 0 atom stereocenters. The molecule has 1 fully saturated rings. The van der Waals surface area contributed by atoms with Crippen molar-refractivity contribution >= 4 is 0 Å². The van der Waals surface area contributed by atoms with Gasteiger partial charge in [0.05, 0.1) is 0 Å². The van der Waals surface area contributed by atoms with Crippen molar-refractivity contribution in [2.45, 2.75) is 47.5 Å². The van der Waals surface area contributed by atoms with Gasteiger partial charge in [0, 0.05) is 0 Å². The van der Waals surface area contributed by atoms with Crippen LogP contribution in [-0.4, -0.2) is 25.0 Å². The highest BCUT2D eigenvalue weighted by Gasteiger charge is 2.27. The molecule has 1 heteroatoms. The van der Waals surface area contributed by atoms with Crippen LogP contribution in [0.15, 0.2) is 0 Å². The highest BCUT2D eigenvalue weighted by Crippen LogP contribution is 2.33. The summed E-state index contributed by atoms with van der Waals surface area (Å²) in [6.45, 7) is 13.7. The van der Waals surface area contributed by atoms with E-state index in [2.05, 4.69) is 32.7 Å². The van der Waals surface area contributed by atoms with E-state index in [0.29, 0.717) is 5.41 Å². The molecule has 0 spiro atoms. The average molecular weight is 185 g/mol. The van der Waals surface area contributed by atoms with Gasteiger partial charge in [0.1, 0.15) is 0 Å². The van der Waals surface area contributed by atoms with Crippen molar-refractivity contribution in [2.75, 3.05) is 20.1 Å². The van der Waals surface area contributed by atoms with Crippen molar-refractivity contribution in [3.05, 3.63) is 0 Å². The third-order valence-electron chi connectivity index (χ3n) is 2.94. The van der Waals surface area contributed by atoms with Gasteiger partial charge in [-0.3, -0.25) is 0 Å². The summed E-state index contributed by atoms with van der Waals surface area (Å²) in [5.41, 5.74) is 0.529. The predicted octanol–water partition coefficient (Wildman–Crippen LogP) is 3.40. The van der Waals surface area contributed by atoms with Crippen LogP contribution in [0.2, 0.25) is 0 Å². The van der Waals surface area contributed by atoms with Gasteiger partial charge in [-0.15, -0.1) is 0 Å². The highest BCUT2D eigenvalue weighted by atomic mass is 15.1. The van der Waals surface area contributed by atoms with Gasteiger partial charge >= 0.3 is 0 Å². The normalized spacial score (nSPS) is 20.8. The average Bonchev–Trinajstić information content (AvgIpc) is 2.07. The summed E-state index contributed by atoms with van der Waals surface area (Å²) >= 11 is 0. The Kier molecular flexibility index (Phi) is 5.62. The molecular weight excluding hydrogens is 158 g/mol. The Labute approximate surface area is 84.5 Å². The van der Waals surface area contributed by atoms with Crippen LogP contribution in [0.1, 0.15) is 47.5 Å². The molecule has 0 saturated carbocycles. The molecule has 0 aromatic rings. The first-order valence-electron chi connectivity index (χ1n) is 5.68. The maximum Gasteiger partial charge on any atom is -0.00189 e. The standard InChI is InChI=1S/C10H21N.C2H6/c1-10(2,3)9-5-7-11(4)8-6-9;1-2/h9H,5-8H2,1-4H3;1-2H3. The molecule has 0 aliphatic carbocycles. The number of hydrogen-bond donors (Lipinski definition) is 0. The monoisotopic (exact) mass is 185 g/mol. The summed E-state index contributed by atoms with van der Waals surface area (Å²) in [6, 6.07) is 0. The molecule has 0 unspecified atom stereocenters. The molecule has 0 amide bonds. The van der Waals surface area contributed by atoms with E-state index in [1.807, 2.05) is 13.8 Å². The number of nitrogens with zero attached hydrogens (tertiary/aromatic N) is 1. The minimum Gasteiger partial charge on any atom is -0.306 e. The van der Waals surface area contributed by atoms with Gasteiger partial charge in [0.15, 0.2) is 0 Å². The van der Waals surface area contributed by atoms with E-state index in [1.54, 1.807) is 0 Å². The summed E-state index contributed by atoms with van der Waals surface area (Å²) in [7, 11) is 2.22. The minimum absolute atomic E-state index is 0.529. The van der Waals surface area contributed by atoms with Crippen LogP contribution in [-0.2, 0) is 0 Å². The third kappa shape index (κ3) is 4.66. The zero-order valence-electron chi connectivity index (χ0n) is 10.4. The Hall–Kier alpha value is -0.0400. The van der Waals surface area contributed by atoms with Crippen LogP contribution in [0.5, 0.6) is 0 Å². The van der Waals surface area contributed by atoms with E-state index < -0.39 is 0 Å². The van der Waals surface area contributed by atoms with E-state index in [4.69, 9.17) is 0 Å². The fraction of sp³-hybridized carbons (Fsp3) is 1.00. The van der Waals surface area contributed by atoms with E-state index in [-0.39, 0.29) is 0 Å². The molecule has 1 aliphatic heterocycles. The van der Waals surface area contributed by atoms with Crippen LogP contribution < -0.4 is 0 Å². The number of hydrogen-bond acceptors (Lipinski definition) is 1. The van der Waals surface area contributed by atoms with Gasteiger partial charge in [-0.2, -0.15) is 0 Å². The fourth-order valence-corrected chi connectivity index (χ4v) is 1.87. The lowest BCUT2D eigenvalue weighted by Crippen LogP contribution is -2.35. The predicted molar refractivity (Wildman–Crippen MR) is 61.0 cm³/mol. The van der Waals surface area contributed by atoms with Crippen LogP contribution in [0, 0.1) is 11.3 Å². The van der Waals surface area contributed by atoms with E-state index in [1.165, 1.54) is 25.9 Å². The van der Waals surface area contributed by atoms with Crippen molar-refractivity contribution in [3.8, 4) is 0 Å². The molecule has 0 N–H and O–H groups in total. The largest absolute Gasteiger partial charge is 0.306 e. The van der Waals surface area contributed by atoms with Gasteiger partial charge in [0.2, 0.25) is 0 Å². The first kappa shape index (κ1) is 13.0. The summed E-state index contributed by atoms with van der Waals surface area (Å²) in [6.07, 6.45) is 2.78. The van der Waals surface area contributed by atoms with Gasteiger partial charge in [-0.25, -0.2) is 0 Å². The van der Waals surface area contributed by atoms with E-state index in [0.717, 1.165) is 5.92 Å². The number of rotatable bonds is 0. The topological polar surface area (TPSA) is 3.24 Å². The van der Waals surface area contributed by atoms with Crippen molar-refractivity contribution in [1.29, 1.82) is 0 Å². The van der Waals surface area contributed by atoms with Crippen LogP contribution >= 0.6 is 0 Å². The smallest absolute Gasteiger partial charge is 0.00189 e. The van der Waals surface area contributed by atoms with E-state index in [9.17, 15) is 0 Å². The van der Waals surface area contributed by atoms with Gasteiger partial charge in [0.25, 0.3) is 0 Å². The lowest BCUT2D eigenvalue weighted by molar-refractivity contribution is 0.129. The number of piperidine rings is 1. The second kappa shape index (κ2) is 5.64. The maximum absolute atomic E-state index is 2.43. The van der Waals surface area contributed by atoms with Gasteiger partial charge in [-0.1, -0.05) is 34.6 Å². The molecule has 0 radical (unpaired) electrons. The lowest BCUT2D eigenvalue weighted by atomic mass is 9.75. The Balaban J connectivity index is 0.000000671. The molecule has 80 valence electrons. The van der Waals surface area contributed by atoms with Gasteiger partial charge < -0.3 is 4.90 Å². The second-order valence-corrected chi connectivity index (χ2v) is 4.94. The SMILES string of the molecule is CC.CN1CCC(C(C)(C)C)CC1. The van der Waals surface area contributed by atoms with E-state index >= 15 is 0 Å². The lowest BCUT2D eigenvalue weighted by Gasteiger charge is -2.37. The second-order valence-electron chi connectivity index (χ2n) is 4.94. The molecule has 1 heterocycles. The van der Waals surface area contributed by atoms with Crippen molar-refractivity contribution in [2.24, 2.45) is 11.3 Å². The minimum atomic E-state index is 0.529. The van der Waals surface area contributed by atoms with Crippen LogP contribution in [0.3, 0.4) is 0 Å². The quantitative estimate of drug-likeness (QED) is 0.559. The summed E-state index contributed by atoms with van der Waals surface area (Å²) in [5, 5.41) is 0. The summed E-state index contributed by atoms with van der Waals surface area (Å²) in [4.78, 5) is 2.43. The molecule has 1 rings (SSSR count). The Morgan fingerprint density at radius 1 is 1.00 bits per heavy atom. The molecule has 0 bridgehead atoms. The Morgan fingerprint density at radius 3 is 1.69 bits per heavy atom. The Morgan fingerprint density at radius 2 is 1.38 bits per heavy atom. The zero-order chi connectivity index (χ0) is 10.5. The van der Waals surface area contributed by atoms with Crippen molar-refractivity contribution in [3.63, 3.8) is 0 Å². The molecule has 0 aromatic heterocycles. The maximum atomic E-state index is 2.43. The molecule has 1 aliphatic rings. The first-order chi connectivity index (χ1) is 6.00.